The van der Waals surface area contributed by atoms with Crippen molar-refractivity contribution in [1.29, 1.82) is 0 Å². The van der Waals surface area contributed by atoms with Crippen molar-refractivity contribution in [3.63, 3.8) is 0 Å². The second-order valence-electron chi connectivity index (χ2n) is 3.19. The molecule has 0 radical (unpaired) electrons. The lowest BCUT2D eigenvalue weighted by molar-refractivity contribution is 1.09. The normalized spacial score (nSPS) is 10.9. The Bertz CT molecular complexity index is 662. The summed E-state index contributed by atoms with van der Waals surface area (Å²) in [6.07, 6.45) is 1.60. The van der Waals surface area contributed by atoms with Crippen LogP contribution in [0.2, 0.25) is 0 Å². The van der Waals surface area contributed by atoms with Crippen molar-refractivity contribution in [2.45, 2.75) is 0 Å². The van der Waals surface area contributed by atoms with Gasteiger partial charge in [-0.3, -0.25) is 0 Å². The number of hydrogen-bond acceptors (Lipinski definition) is 4. The molecule has 0 saturated carbocycles. The van der Waals surface area contributed by atoms with Crippen molar-refractivity contribution in [3.8, 4) is 10.6 Å². The van der Waals surface area contributed by atoms with Gasteiger partial charge in [-0.15, -0.1) is 11.3 Å². The first-order chi connectivity index (χ1) is 7.34. The standard InChI is InChI=1S/C11H6N2OS/c14-11-12-5-9-8-4-2-1-3-7(8)6-15-10(9)13-11/h1-6H. The Morgan fingerprint density at radius 3 is 3.00 bits per heavy atom. The van der Waals surface area contributed by atoms with Crippen LogP contribution in [0.3, 0.4) is 0 Å². The minimum absolute atomic E-state index is 0.422. The Morgan fingerprint density at radius 2 is 2.07 bits per heavy atom. The van der Waals surface area contributed by atoms with Crippen LogP contribution in [-0.2, 0) is 0 Å². The third-order valence-electron chi connectivity index (χ3n) is 2.28. The lowest BCUT2D eigenvalue weighted by atomic mass is 10.1. The molecule has 15 heavy (non-hydrogen) atoms. The van der Waals surface area contributed by atoms with Crippen LogP contribution in [-0.4, -0.2) is 9.97 Å². The Balaban J connectivity index is 2.54. The van der Waals surface area contributed by atoms with E-state index in [9.17, 15) is 4.79 Å². The van der Waals surface area contributed by atoms with Crippen molar-refractivity contribution in [2.75, 3.05) is 0 Å². The van der Waals surface area contributed by atoms with E-state index in [1.165, 1.54) is 11.3 Å². The predicted molar refractivity (Wildman–Crippen MR) is 60.3 cm³/mol. The van der Waals surface area contributed by atoms with E-state index < -0.39 is 5.69 Å². The first-order valence-corrected chi connectivity index (χ1v) is 5.36. The van der Waals surface area contributed by atoms with Crippen molar-refractivity contribution < 1.29 is 0 Å². The van der Waals surface area contributed by atoms with Crippen LogP contribution >= 0.6 is 11.3 Å². The Morgan fingerprint density at radius 1 is 1.20 bits per heavy atom. The SMILES string of the molecule is O=c1ncc2c3ccccc3csc-2n1. The Hall–Kier alpha value is -1.81. The molecular weight excluding hydrogens is 208 g/mol. The van der Waals surface area contributed by atoms with Crippen LogP contribution in [0.4, 0.5) is 0 Å². The van der Waals surface area contributed by atoms with Crippen LogP contribution in [0.25, 0.3) is 21.3 Å². The highest BCUT2D eigenvalue weighted by molar-refractivity contribution is 7.13. The van der Waals surface area contributed by atoms with E-state index in [-0.39, 0.29) is 0 Å². The third kappa shape index (κ3) is 1.30. The van der Waals surface area contributed by atoms with E-state index >= 15 is 0 Å². The average Bonchev–Trinajstić information content (AvgIpc) is 2.28. The molecule has 1 aromatic rings. The second-order valence-corrected chi connectivity index (χ2v) is 4.05. The van der Waals surface area contributed by atoms with Crippen LogP contribution < -0.4 is 5.69 Å². The van der Waals surface area contributed by atoms with Crippen molar-refractivity contribution in [1.82, 2.24) is 9.97 Å². The fraction of sp³-hybridized carbons (Fsp3) is 0. The van der Waals surface area contributed by atoms with Crippen LogP contribution in [0.5, 0.6) is 0 Å². The molecule has 0 N–H and O–H groups in total. The average molecular weight is 214 g/mol. The minimum Gasteiger partial charge on any atom is -0.244 e. The first kappa shape index (κ1) is 8.49. The van der Waals surface area contributed by atoms with Crippen LogP contribution in [0.1, 0.15) is 0 Å². The quantitative estimate of drug-likeness (QED) is 0.538. The number of rotatable bonds is 0. The summed E-state index contributed by atoms with van der Waals surface area (Å²) >= 11 is 1.47. The van der Waals surface area contributed by atoms with Gasteiger partial charge >= 0.3 is 5.69 Å². The van der Waals surface area contributed by atoms with Gasteiger partial charge in [-0.25, -0.2) is 4.79 Å². The van der Waals surface area contributed by atoms with Crippen LogP contribution in [0, 0.1) is 0 Å². The summed E-state index contributed by atoms with van der Waals surface area (Å²) in [5, 5.41) is 4.99. The van der Waals surface area contributed by atoms with Gasteiger partial charge in [-0.05, 0) is 10.8 Å². The number of fused-ring (bicyclic) bond motifs is 3. The zero-order valence-corrected chi connectivity index (χ0v) is 8.49. The topological polar surface area (TPSA) is 42.9 Å². The highest BCUT2D eigenvalue weighted by Crippen LogP contribution is 2.30. The summed E-state index contributed by atoms with van der Waals surface area (Å²) in [4.78, 5) is 18.6. The summed E-state index contributed by atoms with van der Waals surface area (Å²) in [5.41, 5.74) is 0.520. The zero-order valence-electron chi connectivity index (χ0n) is 7.68. The van der Waals surface area contributed by atoms with E-state index in [2.05, 4.69) is 9.97 Å². The summed E-state index contributed by atoms with van der Waals surface area (Å²) in [6.45, 7) is 0. The first-order valence-electron chi connectivity index (χ1n) is 4.48. The van der Waals surface area contributed by atoms with Crippen molar-refractivity contribution in [3.05, 3.63) is 46.3 Å². The number of hydrogen-bond donors (Lipinski definition) is 0. The molecule has 0 bridgehead atoms. The molecule has 2 aliphatic rings. The van der Waals surface area contributed by atoms with E-state index in [4.69, 9.17) is 0 Å². The molecule has 2 aliphatic heterocycles. The van der Waals surface area contributed by atoms with Gasteiger partial charge in [0.25, 0.3) is 0 Å². The zero-order chi connectivity index (χ0) is 10.3. The molecule has 0 aliphatic carbocycles. The molecule has 3 nitrogen and oxygen atoms in total. The largest absolute Gasteiger partial charge is 0.368 e. The predicted octanol–water partition coefficient (Wildman–Crippen LogP) is 2.16. The molecular formula is C11H6N2OS. The molecule has 2 heterocycles. The highest BCUT2D eigenvalue weighted by atomic mass is 32.1. The smallest absolute Gasteiger partial charge is 0.244 e. The maximum absolute atomic E-state index is 11.0. The maximum atomic E-state index is 11.0. The van der Waals surface area contributed by atoms with E-state index in [1.54, 1.807) is 6.20 Å². The summed E-state index contributed by atoms with van der Waals surface area (Å²) in [7, 11) is 0. The van der Waals surface area contributed by atoms with Gasteiger partial charge in [0.1, 0.15) is 5.01 Å². The van der Waals surface area contributed by atoms with Gasteiger partial charge in [-0.1, -0.05) is 24.3 Å². The molecule has 0 spiro atoms. The monoisotopic (exact) mass is 214 g/mol. The molecule has 1 aromatic carbocycles. The van der Waals surface area contributed by atoms with Crippen molar-refractivity contribution >= 4 is 22.1 Å². The van der Waals surface area contributed by atoms with Crippen molar-refractivity contribution in [2.24, 2.45) is 0 Å². The third-order valence-corrected chi connectivity index (χ3v) is 3.19. The summed E-state index contributed by atoms with van der Waals surface area (Å²) in [6, 6.07) is 8.01. The van der Waals surface area contributed by atoms with Gasteiger partial charge in [-0.2, -0.15) is 9.97 Å². The lowest BCUT2D eigenvalue weighted by Crippen LogP contribution is -2.10. The number of nitrogens with zero attached hydrogens (tertiary/aromatic N) is 2. The van der Waals surface area contributed by atoms with Gasteiger partial charge in [0.15, 0.2) is 0 Å². The molecule has 4 heteroatoms. The molecule has 0 saturated heterocycles. The van der Waals surface area contributed by atoms with Crippen LogP contribution in [0.15, 0.2) is 40.6 Å². The minimum atomic E-state index is -0.422. The van der Waals surface area contributed by atoms with Gasteiger partial charge in [0.05, 0.1) is 0 Å². The number of benzene rings is 1. The molecule has 3 rings (SSSR count). The molecule has 0 atom stereocenters. The maximum Gasteiger partial charge on any atom is 0.368 e. The Labute approximate surface area is 89.4 Å². The Kier molecular flexibility index (Phi) is 1.76. The van der Waals surface area contributed by atoms with Gasteiger partial charge in [0, 0.05) is 17.1 Å². The lowest BCUT2D eigenvalue weighted by Gasteiger charge is -2.05. The van der Waals surface area contributed by atoms with E-state index in [0.717, 1.165) is 21.3 Å². The van der Waals surface area contributed by atoms with Gasteiger partial charge in [0.2, 0.25) is 0 Å². The molecule has 0 amide bonds. The van der Waals surface area contributed by atoms with E-state index in [0.29, 0.717) is 0 Å². The molecule has 0 aromatic heterocycles. The number of aromatic nitrogens is 2. The highest BCUT2D eigenvalue weighted by Gasteiger charge is 2.08. The molecule has 72 valence electrons. The summed E-state index contributed by atoms with van der Waals surface area (Å²) in [5.74, 6) is 0. The van der Waals surface area contributed by atoms with E-state index in [1.807, 2.05) is 29.6 Å². The molecule has 0 fully saturated rings. The summed E-state index contributed by atoms with van der Waals surface area (Å²) < 4.78 is 0. The second kappa shape index (κ2) is 3.10. The fourth-order valence-corrected chi connectivity index (χ4v) is 2.45. The molecule has 0 unspecified atom stereocenters. The fourth-order valence-electron chi connectivity index (χ4n) is 1.59. The van der Waals surface area contributed by atoms with Gasteiger partial charge < -0.3 is 0 Å².